The van der Waals surface area contributed by atoms with Gasteiger partial charge in [-0.15, -0.1) is 0 Å². The Hall–Kier alpha value is -2.71. The number of methoxy groups -OCH3 is 1. The number of hydrogen-bond acceptors (Lipinski definition) is 5. The zero-order valence-electron chi connectivity index (χ0n) is 15.5. The number of hydrogen-bond donors (Lipinski definition) is 1. The Balaban J connectivity index is 1.73. The van der Waals surface area contributed by atoms with Crippen LogP contribution in [0, 0.1) is 5.82 Å². The first-order chi connectivity index (χ1) is 13.4. The Labute approximate surface area is 167 Å². The van der Waals surface area contributed by atoms with Crippen LogP contribution < -0.4 is 10.1 Å². The van der Waals surface area contributed by atoms with Crippen LogP contribution in [0.1, 0.15) is 15.9 Å². The molecular formula is C20H18FN3O2S2. The van der Waals surface area contributed by atoms with Crippen LogP contribution in [0.2, 0.25) is 0 Å². The van der Waals surface area contributed by atoms with Gasteiger partial charge in [-0.25, -0.2) is 9.37 Å². The Bertz CT molecular complexity index is 1130. The summed E-state index contributed by atoms with van der Waals surface area (Å²) in [6.45, 7) is 0. The molecule has 0 bridgehead atoms. The van der Waals surface area contributed by atoms with Crippen molar-refractivity contribution < 1.29 is 13.9 Å². The largest absolute Gasteiger partial charge is 0.494 e. The quantitative estimate of drug-likeness (QED) is 0.645. The summed E-state index contributed by atoms with van der Waals surface area (Å²) in [4.78, 5) is 21.6. The predicted octanol–water partition coefficient (Wildman–Crippen LogP) is 5.10. The summed E-state index contributed by atoms with van der Waals surface area (Å²) >= 11 is 1.36. The van der Waals surface area contributed by atoms with Gasteiger partial charge in [-0.2, -0.15) is 10.0 Å². The molecule has 1 aliphatic rings. The lowest BCUT2D eigenvalue weighted by Crippen LogP contribution is -2.11. The number of aliphatic imine (C=N–C) groups is 1. The Morgan fingerprint density at radius 1 is 1.18 bits per heavy atom. The number of ether oxygens (including phenoxy) is 1. The van der Waals surface area contributed by atoms with E-state index in [0.717, 1.165) is 16.0 Å². The van der Waals surface area contributed by atoms with Gasteiger partial charge < -0.3 is 4.74 Å². The standard InChI is InChI=1S/C20H18FN3O2S2/c1-26-16-9-8-14(15-10-28(2,3)11-22-15)18-17(16)23-20(27-18)24-19(25)12-4-6-13(21)7-5-12/h4-11H,1-3H3,(H,23,24,25). The minimum Gasteiger partial charge on any atom is -0.494 e. The number of aromatic nitrogens is 1. The monoisotopic (exact) mass is 415 g/mol. The molecule has 0 spiro atoms. The van der Waals surface area contributed by atoms with Gasteiger partial charge in [-0.1, -0.05) is 11.3 Å². The van der Waals surface area contributed by atoms with E-state index in [1.807, 2.05) is 17.7 Å². The lowest BCUT2D eigenvalue weighted by atomic mass is 10.1. The van der Waals surface area contributed by atoms with Crippen LogP contribution >= 0.6 is 21.4 Å². The summed E-state index contributed by atoms with van der Waals surface area (Å²) in [6, 6.07) is 9.21. The first-order valence-corrected chi connectivity index (χ1v) is 11.8. The van der Waals surface area contributed by atoms with E-state index in [0.29, 0.717) is 22.0 Å². The summed E-state index contributed by atoms with van der Waals surface area (Å²) in [5.74, 6) is -0.101. The third-order valence-electron chi connectivity index (χ3n) is 4.21. The van der Waals surface area contributed by atoms with Crippen molar-refractivity contribution in [1.82, 2.24) is 4.98 Å². The van der Waals surface area contributed by atoms with Crippen molar-refractivity contribution >= 4 is 53.9 Å². The maximum absolute atomic E-state index is 13.1. The number of carbonyl (C=O) groups is 1. The van der Waals surface area contributed by atoms with E-state index in [4.69, 9.17) is 4.74 Å². The summed E-state index contributed by atoms with van der Waals surface area (Å²) in [5.41, 5.74) is 4.91. The molecule has 2 heterocycles. The molecule has 4 rings (SSSR count). The third kappa shape index (κ3) is 3.53. The van der Waals surface area contributed by atoms with Crippen LogP contribution in [0.3, 0.4) is 0 Å². The summed E-state index contributed by atoms with van der Waals surface area (Å²) in [5, 5.41) is 5.42. The fraction of sp³-hybridized carbons (Fsp3) is 0.150. The first-order valence-electron chi connectivity index (χ1n) is 8.40. The minimum atomic E-state index is -0.981. The fourth-order valence-electron chi connectivity index (χ4n) is 2.85. The van der Waals surface area contributed by atoms with Crippen molar-refractivity contribution in [3.05, 3.63) is 58.8 Å². The van der Waals surface area contributed by atoms with Crippen LogP contribution in [-0.4, -0.2) is 36.1 Å². The Morgan fingerprint density at radius 2 is 1.93 bits per heavy atom. The number of carbonyl (C=O) groups excluding carboxylic acids is 1. The molecule has 144 valence electrons. The minimum absolute atomic E-state index is 0.344. The van der Waals surface area contributed by atoms with E-state index in [-0.39, 0.29) is 11.7 Å². The van der Waals surface area contributed by atoms with Gasteiger partial charge in [0.1, 0.15) is 17.1 Å². The zero-order valence-corrected chi connectivity index (χ0v) is 17.2. The maximum atomic E-state index is 13.1. The number of halogens is 1. The topological polar surface area (TPSA) is 63.6 Å². The second-order valence-corrected chi connectivity index (χ2v) is 11.1. The van der Waals surface area contributed by atoms with Gasteiger partial charge in [0, 0.05) is 16.7 Å². The van der Waals surface area contributed by atoms with E-state index in [1.165, 1.54) is 35.6 Å². The van der Waals surface area contributed by atoms with Crippen molar-refractivity contribution in [1.29, 1.82) is 0 Å². The summed E-state index contributed by atoms with van der Waals surface area (Å²) < 4.78 is 19.4. The smallest absolute Gasteiger partial charge is 0.257 e. The second kappa shape index (κ2) is 7.03. The highest BCUT2D eigenvalue weighted by Gasteiger charge is 2.21. The molecule has 8 heteroatoms. The molecule has 1 N–H and O–H groups in total. The van der Waals surface area contributed by atoms with Crippen molar-refractivity contribution in [2.45, 2.75) is 0 Å². The molecule has 0 saturated heterocycles. The molecule has 0 aliphatic carbocycles. The molecule has 0 fully saturated rings. The summed E-state index contributed by atoms with van der Waals surface area (Å²) in [7, 11) is 0.607. The highest BCUT2D eigenvalue weighted by Crippen LogP contribution is 2.48. The van der Waals surface area contributed by atoms with Crippen LogP contribution in [0.15, 0.2) is 46.8 Å². The normalized spacial score (nSPS) is 16.1. The lowest BCUT2D eigenvalue weighted by Gasteiger charge is -2.15. The molecule has 28 heavy (non-hydrogen) atoms. The number of thiazole rings is 1. The Kier molecular flexibility index (Phi) is 4.68. The van der Waals surface area contributed by atoms with Crippen LogP contribution in [0.4, 0.5) is 9.52 Å². The number of benzene rings is 2. The lowest BCUT2D eigenvalue weighted by molar-refractivity contribution is 0.102. The molecule has 2 aromatic carbocycles. The molecule has 1 aliphatic heterocycles. The highest BCUT2D eigenvalue weighted by atomic mass is 32.3. The molecule has 3 aromatic rings. The molecule has 0 atom stereocenters. The van der Waals surface area contributed by atoms with Crippen molar-refractivity contribution in [3.8, 4) is 5.75 Å². The van der Waals surface area contributed by atoms with Gasteiger partial charge >= 0.3 is 0 Å². The van der Waals surface area contributed by atoms with Gasteiger partial charge in [-0.3, -0.25) is 15.1 Å². The van der Waals surface area contributed by atoms with Gasteiger partial charge in [0.15, 0.2) is 5.13 Å². The number of nitrogens with one attached hydrogen (secondary N) is 1. The Morgan fingerprint density at radius 3 is 2.57 bits per heavy atom. The van der Waals surface area contributed by atoms with Gasteiger partial charge in [0.2, 0.25) is 0 Å². The van der Waals surface area contributed by atoms with Crippen LogP contribution in [-0.2, 0) is 0 Å². The fourth-order valence-corrected chi connectivity index (χ4v) is 5.06. The van der Waals surface area contributed by atoms with E-state index in [9.17, 15) is 9.18 Å². The van der Waals surface area contributed by atoms with Gasteiger partial charge in [-0.05, 0) is 54.3 Å². The molecule has 0 saturated carbocycles. The van der Waals surface area contributed by atoms with Crippen molar-refractivity contribution in [3.63, 3.8) is 0 Å². The predicted molar refractivity (Wildman–Crippen MR) is 116 cm³/mol. The third-order valence-corrected chi connectivity index (χ3v) is 6.69. The number of nitrogens with zero attached hydrogens (tertiary/aromatic N) is 2. The molecule has 1 amide bonds. The SMILES string of the molecule is COc1ccc(C2=CS(C)(C)C=N2)c2sc(NC(=O)c3ccc(F)cc3)nc12. The number of amides is 1. The van der Waals surface area contributed by atoms with Gasteiger partial charge in [0.25, 0.3) is 5.91 Å². The average Bonchev–Trinajstić information content (AvgIpc) is 3.24. The van der Waals surface area contributed by atoms with E-state index < -0.39 is 10.0 Å². The van der Waals surface area contributed by atoms with E-state index in [2.05, 4.69) is 33.2 Å². The van der Waals surface area contributed by atoms with E-state index >= 15 is 0 Å². The van der Waals surface area contributed by atoms with Crippen LogP contribution in [0.5, 0.6) is 5.75 Å². The molecule has 1 aromatic heterocycles. The summed E-state index contributed by atoms with van der Waals surface area (Å²) in [6.07, 6.45) is 4.34. The number of rotatable bonds is 4. The molecule has 0 radical (unpaired) electrons. The molecular weight excluding hydrogens is 397 g/mol. The molecule has 5 nitrogen and oxygen atoms in total. The second-order valence-electron chi connectivity index (χ2n) is 6.70. The highest BCUT2D eigenvalue weighted by molar-refractivity contribution is 8.45. The van der Waals surface area contributed by atoms with Crippen molar-refractivity contribution in [2.24, 2.45) is 4.99 Å². The maximum Gasteiger partial charge on any atom is 0.257 e. The first kappa shape index (κ1) is 18.6. The van der Waals surface area contributed by atoms with Crippen molar-refractivity contribution in [2.75, 3.05) is 24.9 Å². The average molecular weight is 416 g/mol. The number of fused-ring (bicyclic) bond motifs is 1. The van der Waals surface area contributed by atoms with Gasteiger partial charge in [0.05, 0.1) is 17.5 Å². The zero-order chi connectivity index (χ0) is 19.9. The van der Waals surface area contributed by atoms with Crippen LogP contribution in [0.25, 0.3) is 15.9 Å². The number of anilines is 1. The molecule has 0 unspecified atom stereocenters. The van der Waals surface area contributed by atoms with E-state index in [1.54, 1.807) is 7.11 Å².